The minimum atomic E-state index is -2.53. The van der Waals surface area contributed by atoms with Gasteiger partial charge in [-0.05, 0) is 24.3 Å². The minimum Gasteiger partial charge on any atom is -0.494 e. The third-order valence-electron chi connectivity index (χ3n) is 4.02. The monoisotopic (exact) mass is 374 g/mol. The van der Waals surface area contributed by atoms with Crippen LogP contribution in [0, 0.1) is 0 Å². The Balaban J connectivity index is 1.88. The lowest BCUT2D eigenvalue weighted by Gasteiger charge is -2.15. The molecule has 0 saturated carbocycles. The van der Waals surface area contributed by atoms with Crippen molar-refractivity contribution >= 4 is 22.3 Å². The van der Waals surface area contributed by atoms with Crippen molar-refractivity contribution in [3.63, 3.8) is 0 Å². The second-order valence-electron chi connectivity index (χ2n) is 5.76. The second-order valence-corrected chi connectivity index (χ2v) is 5.76. The van der Waals surface area contributed by atoms with E-state index in [0.717, 1.165) is 16.8 Å². The van der Waals surface area contributed by atoms with Gasteiger partial charge in [0.2, 0.25) is 0 Å². The third-order valence-corrected chi connectivity index (χ3v) is 4.02. The van der Waals surface area contributed by atoms with Crippen LogP contribution in [0.1, 0.15) is 12.0 Å². The van der Waals surface area contributed by atoms with Crippen molar-refractivity contribution in [2.24, 2.45) is 0 Å². The number of benzene rings is 2. The topological polar surface area (TPSA) is 52.6 Å². The molecule has 0 aliphatic carbocycles. The molecule has 0 spiro atoms. The molecule has 1 N–H and O–H groups in total. The molecule has 3 rings (SSSR count). The van der Waals surface area contributed by atoms with Crippen LogP contribution in [0.5, 0.6) is 11.5 Å². The van der Waals surface area contributed by atoms with Crippen LogP contribution in [0.15, 0.2) is 48.7 Å². The number of nitrogens with zero attached hydrogens (tertiary/aromatic N) is 1. The smallest absolute Gasteiger partial charge is 0.263 e. The third kappa shape index (κ3) is 4.43. The zero-order chi connectivity index (χ0) is 19.2. The van der Waals surface area contributed by atoms with Crippen LogP contribution < -0.4 is 14.8 Å². The molecule has 3 aromatic rings. The summed E-state index contributed by atoms with van der Waals surface area (Å²) >= 11 is 0. The van der Waals surface area contributed by atoms with Gasteiger partial charge in [-0.1, -0.05) is 12.1 Å². The van der Waals surface area contributed by atoms with Crippen LogP contribution in [0.4, 0.5) is 20.2 Å². The number of anilines is 2. The Morgan fingerprint density at radius 2 is 1.85 bits per heavy atom. The maximum absolute atomic E-state index is 12.9. The molecule has 0 radical (unpaired) electrons. The number of halogens is 2. The van der Waals surface area contributed by atoms with Crippen LogP contribution in [0.25, 0.3) is 10.9 Å². The average molecular weight is 374 g/mol. The van der Waals surface area contributed by atoms with Crippen molar-refractivity contribution in [3.8, 4) is 11.5 Å². The normalized spacial score (nSPS) is 11.0. The number of nitrogens with one attached hydrogen (secondary N) is 1. The first-order valence-corrected chi connectivity index (χ1v) is 8.36. The highest BCUT2D eigenvalue weighted by atomic mass is 19.3. The Morgan fingerprint density at radius 3 is 2.59 bits per heavy atom. The SMILES string of the molecule is COCCOc1ccc(Nc2ccnc3cc(C(F)F)ccc23)c(OC)c1. The fraction of sp³-hybridized carbons (Fsp3) is 0.250. The van der Waals surface area contributed by atoms with Crippen molar-refractivity contribution in [2.45, 2.75) is 6.43 Å². The molecule has 0 aliphatic rings. The molecule has 0 saturated heterocycles. The fourth-order valence-electron chi connectivity index (χ4n) is 2.66. The number of rotatable bonds is 8. The van der Waals surface area contributed by atoms with Gasteiger partial charge in [0, 0.05) is 36.0 Å². The highest BCUT2D eigenvalue weighted by Crippen LogP contribution is 2.34. The highest BCUT2D eigenvalue weighted by Gasteiger charge is 2.11. The lowest BCUT2D eigenvalue weighted by Crippen LogP contribution is -2.04. The van der Waals surface area contributed by atoms with Gasteiger partial charge < -0.3 is 19.5 Å². The first-order chi connectivity index (χ1) is 13.1. The number of methoxy groups -OCH3 is 2. The molecule has 1 heterocycles. The quantitative estimate of drug-likeness (QED) is 0.566. The Morgan fingerprint density at radius 1 is 1.00 bits per heavy atom. The Hall–Kier alpha value is -2.93. The predicted octanol–water partition coefficient (Wildman–Crippen LogP) is 4.95. The van der Waals surface area contributed by atoms with Crippen molar-refractivity contribution in [2.75, 3.05) is 32.8 Å². The summed E-state index contributed by atoms with van der Waals surface area (Å²) in [7, 11) is 3.18. The first-order valence-electron chi connectivity index (χ1n) is 8.36. The van der Waals surface area contributed by atoms with Gasteiger partial charge in [0.05, 0.1) is 24.9 Å². The molecular formula is C20H20F2N2O3. The first kappa shape index (κ1) is 18.8. The molecule has 1 aromatic heterocycles. The molecule has 0 bridgehead atoms. The summed E-state index contributed by atoms with van der Waals surface area (Å²) in [5.74, 6) is 1.26. The van der Waals surface area contributed by atoms with Gasteiger partial charge in [0.25, 0.3) is 6.43 Å². The van der Waals surface area contributed by atoms with E-state index in [9.17, 15) is 8.78 Å². The molecule has 5 nitrogen and oxygen atoms in total. The predicted molar refractivity (Wildman–Crippen MR) is 100 cm³/mol. The number of aromatic nitrogens is 1. The lowest BCUT2D eigenvalue weighted by atomic mass is 10.1. The van der Waals surface area contributed by atoms with Gasteiger partial charge >= 0.3 is 0 Å². The Labute approximate surface area is 155 Å². The Kier molecular flexibility index (Phi) is 6.03. The van der Waals surface area contributed by atoms with E-state index in [-0.39, 0.29) is 5.56 Å². The summed E-state index contributed by atoms with van der Waals surface area (Å²) < 4.78 is 41.8. The number of alkyl halides is 2. The summed E-state index contributed by atoms with van der Waals surface area (Å²) in [5, 5.41) is 4.02. The molecule has 0 aliphatic heterocycles. The number of pyridine rings is 1. The molecular weight excluding hydrogens is 354 g/mol. The molecule has 142 valence electrons. The van der Waals surface area contributed by atoms with E-state index in [0.29, 0.717) is 30.2 Å². The van der Waals surface area contributed by atoms with Gasteiger partial charge in [-0.2, -0.15) is 0 Å². The van der Waals surface area contributed by atoms with E-state index in [1.54, 1.807) is 38.6 Å². The zero-order valence-corrected chi connectivity index (χ0v) is 15.0. The summed E-state index contributed by atoms with van der Waals surface area (Å²) in [6.07, 6.45) is -0.951. The van der Waals surface area contributed by atoms with E-state index in [1.807, 2.05) is 12.1 Å². The van der Waals surface area contributed by atoms with Crippen molar-refractivity contribution in [1.29, 1.82) is 0 Å². The van der Waals surface area contributed by atoms with E-state index in [1.165, 1.54) is 12.1 Å². The largest absolute Gasteiger partial charge is 0.494 e. The van der Waals surface area contributed by atoms with Crippen molar-refractivity contribution in [3.05, 3.63) is 54.2 Å². The van der Waals surface area contributed by atoms with E-state index in [4.69, 9.17) is 14.2 Å². The van der Waals surface area contributed by atoms with Gasteiger partial charge in [0.15, 0.2) is 0 Å². The fourth-order valence-corrected chi connectivity index (χ4v) is 2.66. The molecule has 0 atom stereocenters. The summed E-state index contributed by atoms with van der Waals surface area (Å²) in [5.41, 5.74) is 1.91. The molecule has 0 unspecified atom stereocenters. The van der Waals surface area contributed by atoms with E-state index < -0.39 is 6.43 Å². The lowest BCUT2D eigenvalue weighted by molar-refractivity contribution is 0.146. The van der Waals surface area contributed by atoms with Crippen LogP contribution in [-0.2, 0) is 4.74 Å². The standard InChI is InChI=1S/C20H20F2N2O3/c1-25-9-10-27-14-4-6-17(19(12-14)26-2)24-16-7-8-23-18-11-13(20(21)22)3-5-15(16)18/h3-8,11-12,20H,9-10H2,1-2H3,(H,23,24). The van der Waals surface area contributed by atoms with Crippen molar-refractivity contribution in [1.82, 2.24) is 4.98 Å². The summed E-state index contributed by atoms with van der Waals surface area (Å²) in [6, 6.07) is 11.7. The van der Waals surface area contributed by atoms with Crippen LogP contribution in [-0.4, -0.2) is 32.4 Å². The molecule has 7 heteroatoms. The van der Waals surface area contributed by atoms with Gasteiger partial charge in [-0.3, -0.25) is 4.98 Å². The number of hydrogen-bond donors (Lipinski definition) is 1. The van der Waals surface area contributed by atoms with Crippen LogP contribution in [0.3, 0.4) is 0 Å². The molecule has 27 heavy (non-hydrogen) atoms. The molecule has 0 fully saturated rings. The average Bonchev–Trinajstić information content (AvgIpc) is 2.69. The number of hydrogen-bond acceptors (Lipinski definition) is 5. The maximum Gasteiger partial charge on any atom is 0.263 e. The zero-order valence-electron chi connectivity index (χ0n) is 15.0. The van der Waals surface area contributed by atoms with Gasteiger partial charge in [0.1, 0.15) is 18.1 Å². The van der Waals surface area contributed by atoms with Crippen LogP contribution in [0.2, 0.25) is 0 Å². The van der Waals surface area contributed by atoms with E-state index in [2.05, 4.69) is 10.3 Å². The van der Waals surface area contributed by atoms with Gasteiger partial charge in [-0.15, -0.1) is 0 Å². The van der Waals surface area contributed by atoms with Gasteiger partial charge in [-0.25, -0.2) is 8.78 Å². The maximum atomic E-state index is 12.9. The van der Waals surface area contributed by atoms with Crippen LogP contribution >= 0.6 is 0 Å². The summed E-state index contributed by atoms with van der Waals surface area (Å²) in [6.45, 7) is 0.930. The molecule has 2 aromatic carbocycles. The Bertz CT molecular complexity index is 919. The number of fused-ring (bicyclic) bond motifs is 1. The minimum absolute atomic E-state index is 0.0534. The summed E-state index contributed by atoms with van der Waals surface area (Å²) in [4.78, 5) is 4.19. The van der Waals surface area contributed by atoms with Crippen molar-refractivity contribution < 1.29 is 23.0 Å². The van der Waals surface area contributed by atoms with E-state index >= 15 is 0 Å². The number of ether oxygens (including phenoxy) is 3. The molecule has 0 amide bonds. The highest BCUT2D eigenvalue weighted by molar-refractivity contribution is 5.93. The second kappa shape index (κ2) is 8.64.